The Hall–Kier alpha value is -2.06. The Morgan fingerprint density at radius 2 is 2.09 bits per heavy atom. The highest BCUT2D eigenvalue weighted by atomic mass is 19.3. The zero-order chi connectivity index (χ0) is 16.9. The van der Waals surface area contributed by atoms with Crippen LogP contribution >= 0.6 is 0 Å². The Bertz CT molecular complexity index is 533. The molecular weight excluding hydrogens is 318 g/mol. The number of nitrogens with one attached hydrogen (secondary N) is 2. The largest absolute Gasteiger partial charge is 0.417 e. The molecule has 2 amide bonds. The third-order valence-electron chi connectivity index (χ3n) is 3.51. The molecular formula is C14H17F4N3O2. The summed E-state index contributed by atoms with van der Waals surface area (Å²) in [6.07, 6.45) is 1.26. The van der Waals surface area contributed by atoms with Gasteiger partial charge in [-0.05, 0) is 24.5 Å². The molecule has 1 aliphatic carbocycles. The third-order valence-corrected chi connectivity index (χ3v) is 3.51. The number of alkyl halides is 4. The number of amides is 2. The van der Waals surface area contributed by atoms with Gasteiger partial charge in [-0.25, -0.2) is 18.6 Å². The van der Waals surface area contributed by atoms with Crippen LogP contribution in [-0.2, 0) is 6.54 Å². The van der Waals surface area contributed by atoms with Crippen molar-refractivity contribution in [3.8, 4) is 5.88 Å². The van der Waals surface area contributed by atoms with Crippen molar-refractivity contribution < 1.29 is 27.1 Å². The highest BCUT2D eigenvalue weighted by Crippen LogP contribution is 2.32. The molecule has 2 N–H and O–H groups in total. The predicted octanol–water partition coefficient (Wildman–Crippen LogP) is 3.06. The Balaban J connectivity index is 1.76. The second kappa shape index (κ2) is 7.47. The van der Waals surface area contributed by atoms with Crippen LogP contribution in [0, 0.1) is 0 Å². The summed E-state index contributed by atoms with van der Waals surface area (Å²) in [5.41, 5.74) is 0.529. The normalized spacial score (nSPS) is 17.8. The molecule has 1 fully saturated rings. The molecule has 0 atom stereocenters. The number of pyridine rings is 1. The first-order valence-corrected chi connectivity index (χ1v) is 7.16. The van der Waals surface area contributed by atoms with Gasteiger partial charge in [0.2, 0.25) is 11.8 Å². The molecule has 23 heavy (non-hydrogen) atoms. The van der Waals surface area contributed by atoms with Crippen LogP contribution in [0.4, 0.5) is 22.4 Å². The molecule has 128 valence electrons. The van der Waals surface area contributed by atoms with Crippen LogP contribution in [0.5, 0.6) is 5.88 Å². The van der Waals surface area contributed by atoms with E-state index >= 15 is 0 Å². The number of rotatable bonds is 5. The standard InChI is InChI=1S/C14H17F4N3O2/c15-12(16)23-11-7-9(3-6-19-11)8-20-13(22)21-10-1-4-14(17,18)5-2-10/h3,6-7,10,12H,1-2,4-5,8H2,(H2,20,21,22). The van der Waals surface area contributed by atoms with E-state index in [1.54, 1.807) is 6.07 Å². The summed E-state index contributed by atoms with van der Waals surface area (Å²) in [4.78, 5) is 15.3. The summed E-state index contributed by atoms with van der Waals surface area (Å²) >= 11 is 0. The van der Waals surface area contributed by atoms with Gasteiger partial charge in [0.1, 0.15) is 0 Å². The smallest absolute Gasteiger partial charge is 0.388 e. The summed E-state index contributed by atoms with van der Waals surface area (Å²) in [6, 6.07) is 2.05. The van der Waals surface area contributed by atoms with Gasteiger partial charge in [0.15, 0.2) is 0 Å². The lowest BCUT2D eigenvalue weighted by Gasteiger charge is -2.28. The molecule has 0 aromatic carbocycles. The van der Waals surface area contributed by atoms with Gasteiger partial charge in [0.05, 0.1) is 0 Å². The number of ether oxygens (including phenoxy) is 1. The van der Waals surface area contributed by atoms with Crippen molar-refractivity contribution in [3.05, 3.63) is 23.9 Å². The van der Waals surface area contributed by atoms with Crippen LogP contribution in [0.1, 0.15) is 31.2 Å². The quantitative estimate of drug-likeness (QED) is 0.813. The maximum Gasteiger partial charge on any atom is 0.388 e. The van der Waals surface area contributed by atoms with Gasteiger partial charge in [-0.1, -0.05) is 0 Å². The van der Waals surface area contributed by atoms with Crippen molar-refractivity contribution in [2.75, 3.05) is 0 Å². The molecule has 1 aromatic heterocycles. The zero-order valence-electron chi connectivity index (χ0n) is 12.2. The van der Waals surface area contributed by atoms with Gasteiger partial charge in [0.25, 0.3) is 0 Å². The van der Waals surface area contributed by atoms with Crippen molar-refractivity contribution in [1.29, 1.82) is 0 Å². The first-order chi connectivity index (χ1) is 10.8. The van der Waals surface area contributed by atoms with E-state index in [1.165, 1.54) is 12.3 Å². The van der Waals surface area contributed by atoms with Crippen molar-refractivity contribution in [3.63, 3.8) is 0 Å². The maximum atomic E-state index is 13.0. The van der Waals surface area contributed by atoms with Gasteiger partial charge in [-0.15, -0.1) is 0 Å². The summed E-state index contributed by atoms with van der Waals surface area (Å²) in [7, 11) is 0. The number of hydrogen-bond acceptors (Lipinski definition) is 3. The van der Waals surface area contributed by atoms with Crippen LogP contribution in [0.2, 0.25) is 0 Å². The highest BCUT2D eigenvalue weighted by Gasteiger charge is 2.35. The molecule has 0 unspecified atom stereocenters. The summed E-state index contributed by atoms with van der Waals surface area (Å²) in [5.74, 6) is -2.89. The molecule has 0 bridgehead atoms. The number of aromatic nitrogens is 1. The van der Waals surface area contributed by atoms with E-state index in [2.05, 4.69) is 20.4 Å². The fraction of sp³-hybridized carbons (Fsp3) is 0.571. The van der Waals surface area contributed by atoms with Crippen molar-refractivity contribution in [1.82, 2.24) is 15.6 Å². The minimum absolute atomic E-state index is 0.0802. The van der Waals surface area contributed by atoms with Crippen molar-refractivity contribution >= 4 is 6.03 Å². The number of halogens is 4. The van der Waals surface area contributed by atoms with Gasteiger partial charge in [-0.2, -0.15) is 8.78 Å². The third kappa shape index (κ3) is 5.91. The number of urea groups is 1. The van der Waals surface area contributed by atoms with E-state index in [4.69, 9.17) is 0 Å². The van der Waals surface area contributed by atoms with Crippen LogP contribution < -0.4 is 15.4 Å². The van der Waals surface area contributed by atoms with Crippen molar-refractivity contribution in [2.45, 2.75) is 50.8 Å². The van der Waals surface area contributed by atoms with E-state index < -0.39 is 18.6 Å². The number of nitrogens with zero attached hydrogens (tertiary/aromatic N) is 1. The summed E-state index contributed by atoms with van der Waals surface area (Å²) < 4.78 is 54.4. The first kappa shape index (κ1) is 17.3. The summed E-state index contributed by atoms with van der Waals surface area (Å²) in [6.45, 7) is -2.89. The number of hydrogen-bond donors (Lipinski definition) is 2. The number of carbonyl (C=O) groups is 1. The predicted molar refractivity (Wildman–Crippen MR) is 73.4 cm³/mol. The molecule has 0 radical (unpaired) electrons. The average Bonchev–Trinajstić information content (AvgIpc) is 2.47. The molecule has 2 rings (SSSR count). The van der Waals surface area contributed by atoms with Gasteiger partial charge in [0, 0.05) is 37.7 Å². The molecule has 1 aromatic rings. The Labute approximate surface area is 130 Å². The fourth-order valence-electron chi connectivity index (χ4n) is 2.32. The molecule has 0 aliphatic heterocycles. The van der Waals surface area contributed by atoms with Gasteiger partial charge in [-0.3, -0.25) is 0 Å². The zero-order valence-corrected chi connectivity index (χ0v) is 12.2. The van der Waals surface area contributed by atoms with E-state index in [1.807, 2.05) is 0 Å². The van der Waals surface area contributed by atoms with Gasteiger partial charge < -0.3 is 15.4 Å². The molecule has 1 saturated carbocycles. The monoisotopic (exact) mass is 335 g/mol. The molecule has 5 nitrogen and oxygen atoms in total. The molecule has 1 aliphatic rings. The van der Waals surface area contributed by atoms with Gasteiger partial charge >= 0.3 is 12.6 Å². The highest BCUT2D eigenvalue weighted by molar-refractivity contribution is 5.74. The minimum Gasteiger partial charge on any atom is -0.417 e. The Morgan fingerprint density at radius 3 is 2.74 bits per heavy atom. The van der Waals surface area contributed by atoms with Crippen LogP contribution in [0.15, 0.2) is 18.3 Å². The lowest BCUT2D eigenvalue weighted by Crippen LogP contribution is -2.44. The minimum atomic E-state index is -2.97. The second-order valence-electron chi connectivity index (χ2n) is 5.34. The SMILES string of the molecule is O=C(NCc1ccnc(OC(F)F)c1)NC1CCC(F)(F)CC1. The van der Waals surface area contributed by atoms with Crippen LogP contribution in [-0.4, -0.2) is 29.6 Å². The second-order valence-corrected chi connectivity index (χ2v) is 5.34. The van der Waals surface area contributed by atoms with Crippen LogP contribution in [0.25, 0.3) is 0 Å². The topological polar surface area (TPSA) is 63.2 Å². The molecule has 1 heterocycles. The van der Waals surface area contributed by atoms with Crippen molar-refractivity contribution in [2.24, 2.45) is 0 Å². The fourth-order valence-corrected chi connectivity index (χ4v) is 2.32. The van der Waals surface area contributed by atoms with E-state index in [-0.39, 0.29) is 44.1 Å². The van der Waals surface area contributed by atoms with E-state index in [9.17, 15) is 22.4 Å². The van der Waals surface area contributed by atoms with E-state index in [0.29, 0.717) is 5.56 Å². The Morgan fingerprint density at radius 1 is 1.39 bits per heavy atom. The maximum absolute atomic E-state index is 13.0. The average molecular weight is 335 g/mol. The Kier molecular flexibility index (Phi) is 5.62. The number of carbonyl (C=O) groups excluding carboxylic acids is 1. The molecule has 0 spiro atoms. The summed E-state index contributed by atoms with van der Waals surface area (Å²) in [5, 5.41) is 5.16. The lowest BCUT2D eigenvalue weighted by molar-refractivity contribution is -0.0529. The molecule has 9 heteroatoms. The van der Waals surface area contributed by atoms with Crippen LogP contribution in [0.3, 0.4) is 0 Å². The lowest BCUT2D eigenvalue weighted by atomic mass is 9.92. The first-order valence-electron chi connectivity index (χ1n) is 7.16. The molecule has 0 saturated heterocycles. The van der Waals surface area contributed by atoms with E-state index in [0.717, 1.165) is 0 Å².